The molecule has 0 aliphatic rings. The first-order chi connectivity index (χ1) is 6.08. The molecule has 3 heteroatoms. The number of hydrogen-bond donors (Lipinski definition) is 0. The molecular formula is C10H14O3. The lowest BCUT2D eigenvalue weighted by atomic mass is 10.2. The van der Waals surface area contributed by atoms with Crippen LogP contribution in [0.1, 0.15) is 20.8 Å². The molecule has 0 heterocycles. The van der Waals surface area contributed by atoms with Gasteiger partial charge in [-0.05, 0) is 37.9 Å². The van der Waals surface area contributed by atoms with Gasteiger partial charge in [-0.25, -0.2) is 0 Å². The molecule has 13 heavy (non-hydrogen) atoms. The van der Waals surface area contributed by atoms with Gasteiger partial charge in [0.2, 0.25) is 0 Å². The maximum atomic E-state index is 4.91. The molecule has 0 N–H and O–H groups in total. The molecule has 0 spiro atoms. The van der Waals surface area contributed by atoms with Gasteiger partial charge in [0, 0.05) is 0 Å². The Morgan fingerprint density at radius 1 is 1.00 bits per heavy atom. The van der Waals surface area contributed by atoms with Crippen LogP contribution in [0, 0.1) is 0 Å². The Morgan fingerprint density at radius 2 is 1.62 bits per heavy atom. The fourth-order valence-corrected chi connectivity index (χ4v) is 0.634. The van der Waals surface area contributed by atoms with E-state index in [0.29, 0.717) is 5.75 Å². The standard InChI is InChI=1S/C10H14O3/c1-10(2,3)12-13-11-9-7-5-4-6-8-9/h4-8H,1-3H3. The molecule has 1 aromatic rings. The largest absolute Gasteiger partial charge is 0.308 e. The zero-order chi connectivity index (χ0) is 9.73. The molecule has 0 aliphatic carbocycles. The maximum absolute atomic E-state index is 4.91. The van der Waals surface area contributed by atoms with Crippen LogP contribution in [0.4, 0.5) is 0 Å². The minimum atomic E-state index is -0.366. The van der Waals surface area contributed by atoms with E-state index in [1.807, 2.05) is 39.0 Å². The van der Waals surface area contributed by atoms with E-state index in [2.05, 4.69) is 5.04 Å². The minimum absolute atomic E-state index is 0.366. The van der Waals surface area contributed by atoms with Crippen molar-refractivity contribution in [3.8, 4) is 5.75 Å². The van der Waals surface area contributed by atoms with Gasteiger partial charge in [-0.2, -0.15) is 4.89 Å². The second kappa shape index (κ2) is 4.25. The third kappa shape index (κ3) is 4.50. The summed E-state index contributed by atoms with van der Waals surface area (Å²) in [4.78, 5) is 9.77. The van der Waals surface area contributed by atoms with Crippen molar-refractivity contribution < 1.29 is 14.8 Å². The van der Waals surface area contributed by atoms with Crippen molar-refractivity contribution in [3.63, 3.8) is 0 Å². The first kappa shape index (κ1) is 10.0. The van der Waals surface area contributed by atoms with E-state index < -0.39 is 0 Å². The second-order valence-electron chi connectivity index (χ2n) is 3.66. The maximum Gasteiger partial charge on any atom is 0.168 e. The van der Waals surface area contributed by atoms with Gasteiger partial charge < -0.3 is 4.89 Å². The van der Waals surface area contributed by atoms with Crippen LogP contribution in [0.2, 0.25) is 0 Å². The molecule has 1 aromatic carbocycles. The molecule has 0 saturated heterocycles. The van der Waals surface area contributed by atoms with Gasteiger partial charge in [-0.15, -0.1) is 0 Å². The van der Waals surface area contributed by atoms with Crippen LogP contribution in [0.5, 0.6) is 5.75 Å². The van der Waals surface area contributed by atoms with E-state index in [1.165, 1.54) is 0 Å². The van der Waals surface area contributed by atoms with Crippen molar-refractivity contribution in [2.45, 2.75) is 26.4 Å². The van der Waals surface area contributed by atoms with E-state index >= 15 is 0 Å². The van der Waals surface area contributed by atoms with Gasteiger partial charge in [0.25, 0.3) is 0 Å². The summed E-state index contributed by atoms with van der Waals surface area (Å²) in [6.45, 7) is 5.63. The van der Waals surface area contributed by atoms with Gasteiger partial charge >= 0.3 is 0 Å². The highest BCUT2D eigenvalue weighted by Crippen LogP contribution is 2.12. The smallest absolute Gasteiger partial charge is 0.168 e. The average molecular weight is 182 g/mol. The third-order valence-electron chi connectivity index (χ3n) is 1.16. The molecule has 0 radical (unpaired) electrons. The highest BCUT2D eigenvalue weighted by molar-refractivity contribution is 5.19. The van der Waals surface area contributed by atoms with Crippen LogP contribution in [0.25, 0.3) is 0 Å². The molecule has 0 aromatic heterocycles. The van der Waals surface area contributed by atoms with Crippen molar-refractivity contribution in [2.75, 3.05) is 0 Å². The number of rotatable bonds is 3. The van der Waals surface area contributed by atoms with Gasteiger partial charge in [-0.3, -0.25) is 0 Å². The van der Waals surface area contributed by atoms with Crippen LogP contribution in [-0.4, -0.2) is 5.60 Å². The lowest BCUT2D eigenvalue weighted by molar-refractivity contribution is -0.496. The molecule has 0 unspecified atom stereocenters. The normalized spacial score (nSPS) is 11.3. The predicted octanol–water partition coefficient (Wildman–Crippen LogP) is 2.73. The Labute approximate surface area is 78.1 Å². The molecule has 0 aliphatic heterocycles. The van der Waals surface area contributed by atoms with Crippen molar-refractivity contribution in [1.29, 1.82) is 0 Å². The van der Waals surface area contributed by atoms with Crippen LogP contribution < -0.4 is 4.89 Å². The van der Waals surface area contributed by atoms with Crippen molar-refractivity contribution in [3.05, 3.63) is 30.3 Å². The molecule has 0 atom stereocenters. The third-order valence-corrected chi connectivity index (χ3v) is 1.16. The summed E-state index contributed by atoms with van der Waals surface area (Å²) in [6.07, 6.45) is 0. The molecule has 72 valence electrons. The monoisotopic (exact) mass is 182 g/mol. The molecule has 0 fully saturated rings. The summed E-state index contributed by atoms with van der Waals surface area (Å²) in [5.41, 5.74) is -0.366. The zero-order valence-corrected chi connectivity index (χ0v) is 8.11. The summed E-state index contributed by atoms with van der Waals surface area (Å²) in [7, 11) is 0. The Balaban J connectivity index is 2.29. The highest BCUT2D eigenvalue weighted by atomic mass is 17.5. The molecule has 3 nitrogen and oxygen atoms in total. The van der Waals surface area contributed by atoms with E-state index in [0.717, 1.165) is 0 Å². The van der Waals surface area contributed by atoms with Crippen molar-refractivity contribution in [2.24, 2.45) is 0 Å². The Bertz CT molecular complexity index is 238. The van der Waals surface area contributed by atoms with E-state index in [-0.39, 0.29) is 5.60 Å². The summed E-state index contributed by atoms with van der Waals surface area (Å²) in [6, 6.07) is 9.18. The molecule has 0 saturated carbocycles. The highest BCUT2D eigenvalue weighted by Gasteiger charge is 2.12. The van der Waals surface area contributed by atoms with Crippen LogP contribution in [0.15, 0.2) is 30.3 Å². The molecular weight excluding hydrogens is 168 g/mol. The lowest BCUT2D eigenvalue weighted by Gasteiger charge is -2.15. The predicted molar refractivity (Wildman–Crippen MR) is 49.0 cm³/mol. The summed E-state index contributed by atoms with van der Waals surface area (Å²) < 4.78 is 0. The van der Waals surface area contributed by atoms with Crippen molar-refractivity contribution >= 4 is 0 Å². The van der Waals surface area contributed by atoms with Gasteiger partial charge in [0.05, 0.1) is 5.60 Å². The zero-order valence-electron chi connectivity index (χ0n) is 8.11. The lowest BCUT2D eigenvalue weighted by Crippen LogP contribution is -2.20. The summed E-state index contributed by atoms with van der Waals surface area (Å²) in [5, 5.41) is 4.58. The van der Waals surface area contributed by atoms with Crippen LogP contribution >= 0.6 is 0 Å². The van der Waals surface area contributed by atoms with Crippen molar-refractivity contribution in [1.82, 2.24) is 0 Å². The SMILES string of the molecule is CC(C)(C)OOOc1ccccc1. The Morgan fingerprint density at radius 3 is 2.15 bits per heavy atom. The second-order valence-corrected chi connectivity index (χ2v) is 3.66. The number of para-hydroxylation sites is 1. The Hall–Kier alpha value is -1.06. The van der Waals surface area contributed by atoms with Gasteiger partial charge in [0.15, 0.2) is 5.75 Å². The van der Waals surface area contributed by atoms with Gasteiger partial charge in [-0.1, -0.05) is 18.2 Å². The number of hydrogen-bond acceptors (Lipinski definition) is 3. The molecule has 0 amide bonds. The Kier molecular flexibility index (Phi) is 3.28. The summed E-state index contributed by atoms with van der Waals surface area (Å²) in [5.74, 6) is 0.617. The van der Waals surface area contributed by atoms with Crippen LogP contribution in [-0.2, 0) is 9.93 Å². The topological polar surface area (TPSA) is 27.7 Å². The van der Waals surface area contributed by atoms with E-state index in [9.17, 15) is 0 Å². The summed E-state index contributed by atoms with van der Waals surface area (Å²) >= 11 is 0. The fourth-order valence-electron chi connectivity index (χ4n) is 0.634. The molecule has 1 rings (SSSR count). The minimum Gasteiger partial charge on any atom is -0.308 e. The first-order valence-electron chi connectivity index (χ1n) is 4.15. The van der Waals surface area contributed by atoms with E-state index in [4.69, 9.17) is 9.78 Å². The fraction of sp³-hybridized carbons (Fsp3) is 0.400. The first-order valence-corrected chi connectivity index (χ1v) is 4.15. The number of benzene rings is 1. The average Bonchev–Trinajstić information content (AvgIpc) is 2.04. The quantitative estimate of drug-likeness (QED) is 0.531. The van der Waals surface area contributed by atoms with Crippen LogP contribution in [0.3, 0.4) is 0 Å². The molecule has 0 bridgehead atoms. The van der Waals surface area contributed by atoms with Gasteiger partial charge in [0.1, 0.15) is 0 Å². The van der Waals surface area contributed by atoms with E-state index in [1.54, 1.807) is 12.1 Å².